The summed E-state index contributed by atoms with van der Waals surface area (Å²) in [6.07, 6.45) is 10.2. The normalized spacial score (nSPS) is 31.9. The summed E-state index contributed by atoms with van der Waals surface area (Å²) >= 11 is 0. The molecular formula is C24H32O4. The molecular weight excluding hydrogens is 352 g/mol. The van der Waals surface area contributed by atoms with E-state index in [9.17, 15) is 9.90 Å². The van der Waals surface area contributed by atoms with E-state index in [4.69, 9.17) is 9.47 Å². The highest BCUT2D eigenvalue weighted by Gasteiger charge is 2.53. The van der Waals surface area contributed by atoms with Crippen molar-refractivity contribution in [1.82, 2.24) is 0 Å². The van der Waals surface area contributed by atoms with Crippen LogP contribution in [0.5, 0.6) is 5.75 Å². The molecule has 1 aliphatic heterocycles. The number of allylic oxidation sites excluding steroid dienone is 1. The number of hydrogen-bond donors (Lipinski definition) is 1. The van der Waals surface area contributed by atoms with Crippen molar-refractivity contribution in [3.8, 4) is 5.75 Å². The lowest BCUT2D eigenvalue weighted by molar-refractivity contribution is -0.144. The molecule has 1 aliphatic carbocycles. The summed E-state index contributed by atoms with van der Waals surface area (Å²) in [5.41, 5.74) is 2.16. The van der Waals surface area contributed by atoms with E-state index in [1.807, 2.05) is 0 Å². The number of aromatic hydroxyl groups is 1. The van der Waals surface area contributed by atoms with Crippen LogP contribution >= 0.6 is 0 Å². The van der Waals surface area contributed by atoms with Gasteiger partial charge in [0.2, 0.25) is 0 Å². The lowest BCUT2D eigenvalue weighted by atomic mass is 9.79. The van der Waals surface area contributed by atoms with E-state index >= 15 is 0 Å². The molecule has 1 heterocycles. The highest BCUT2D eigenvalue weighted by atomic mass is 16.6. The Morgan fingerprint density at radius 2 is 1.93 bits per heavy atom. The Hall–Kier alpha value is -2.07. The van der Waals surface area contributed by atoms with Gasteiger partial charge in [-0.25, -0.2) is 4.79 Å². The summed E-state index contributed by atoms with van der Waals surface area (Å²) in [5.74, 6) is -0.124. The van der Waals surface area contributed by atoms with Crippen molar-refractivity contribution in [3.05, 3.63) is 47.6 Å². The Balaban J connectivity index is 1.66. The van der Waals surface area contributed by atoms with Crippen LogP contribution in [0.1, 0.15) is 65.4 Å². The second-order valence-electron chi connectivity index (χ2n) is 9.27. The van der Waals surface area contributed by atoms with Gasteiger partial charge in [0, 0.05) is 12.5 Å². The minimum atomic E-state index is -0.330. The highest BCUT2D eigenvalue weighted by Crippen LogP contribution is 2.48. The predicted octanol–water partition coefficient (Wildman–Crippen LogP) is 5.41. The molecule has 1 saturated heterocycles. The second kappa shape index (κ2) is 8.12. The van der Waals surface area contributed by atoms with Gasteiger partial charge in [0.1, 0.15) is 11.9 Å². The topological polar surface area (TPSA) is 59.1 Å². The van der Waals surface area contributed by atoms with Gasteiger partial charge in [-0.3, -0.25) is 0 Å². The van der Waals surface area contributed by atoms with Crippen LogP contribution in [0.2, 0.25) is 0 Å². The first-order valence-electron chi connectivity index (χ1n) is 10.2. The zero-order valence-electron chi connectivity index (χ0n) is 17.4. The van der Waals surface area contributed by atoms with Gasteiger partial charge in [0.15, 0.2) is 0 Å². The smallest absolute Gasteiger partial charge is 0.331 e. The molecule has 152 valence electrons. The highest BCUT2D eigenvalue weighted by molar-refractivity contribution is 5.87. The maximum Gasteiger partial charge on any atom is 0.331 e. The third-order valence-corrected chi connectivity index (χ3v) is 5.82. The number of esters is 1. The molecule has 1 N–H and O–H groups in total. The van der Waals surface area contributed by atoms with E-state index in [1.165, 1.54) is 11.6 Å². The standard InChI is InChI=1S/C24H32O4/c1-17-6-5-13-24(4)21(28-24)16-23(2,3)15-20(14-17)27-22(26)12-9-18-7-10-19(25)11-8-18/h6-12,20-21,25H,5,13-16H2,1-4H3/b12-9-,17-6+/t20-,21+,24+/m0/s1. The van der Waals surface area contributed by atoms with Gasteiger partial charge < -0.3 is 14.6 Å². The summed E-state index contributed by atoms with van der Waals surface area (Å²) in [4.78, 5) is 12.4. The number of phenols is 1. The van der Waals surface area contributed by atoms with Gasteiger partial charge in [-0.15, -0.1) is 0 Å². The first-order valence-corrected chi connectivity index (χ1v) is 10.2. The van der Waals surface area contributed by atoms with Crippen molar-refractivity contribution in [2.24, 2.45) is 5.41 Å². The Bertz CT molecular complexity index is 759. The molecule has 3 atom stereocenters. The van der Waals surface area contributed by atoms with Crippen LogP contribution in [0.25, 0.3) is 6.08 Å². The zero-order valence-corrected chi connectivity index (χ0v) is 17.4. The molecule has 0 spiro atoms. The molecule has 0 saturated carbocycles. The van der Waals surface area contributed by atoms with Gasteiger partial charge in [-0.05, 0) is 68.7 Å². The summed E-state index contributed by atoms with van der Waals surface area (Å²) < 4.78 is 11.8. The number of phenolic OH excluding ortho intramolecular Hbond substituents is 1. The first-order chi connectivity index (χ1) is 13.2. The van der Waals surface area contributed by atoms with E-state index in [-0.39, 0.29) is 28.8 Å². The molecule has 0 aromatic heterocycles. The molecule has 3 rings (SSSR count). The van der Waals surface area contributed by atoms with Crippen LogP contribution in [0.3, 0.4) is 0 Å². The van der Waals surface area contributed by atoms with Crippen molar-refractivity contribution >= 4 is 12.0 Å². The fourth-order valence-corrected chi connectivity index (χ4v) is 4.13. The Labute approximate surface area is 168 Å². The molecule has 2 aliphatic rings. The van der Waals surface area contributed by atoms with E-state index < -0.39 is 0 Å². The molecule has 0 radical (unpaired) electrons. The average molecular weight is 385 g/mol. The van der Waals surface area contributed by atoms with Crippen LogP contribution in [-0.2, 0) is 14.3 Å². The third-order valence-electron chi connectivity index (χ3n) is 5.82. The fraction of sp³-hybridized carbons (Fsp3) is 0.542. The number of fused-ring (bicyclic) bond motifs is 1. The van der Waals surface area contributed by atoms with Crippen LogP contribution < -0.4 is 0 Å². The minimum Gasteiger partial charge on any atom is -0.508 e. The third kappa shape index (κ3) is 5.71. The molecule has 4 nitrogen and oxygen atoms in total. The van der Waals surface area contributed by atoms with Gasteiger partial charge in [0.05, 0.1) is 11.7 Å². The van der Waals surface area contributed by atoms with Gasteiger partial charge in [-0.1, -0.05) is 37.6 Å². The monoisotopic (exact) mass is 384 g/mol. The fourth-order valence-electron chi connectivity index (χ4n) is 4.13. The number of carbonyl (C=O) groups is 1. The predicted molar refractivity (Wildman–Crippen MR) is 111 cm³/mol. The number of epoxide rings is 1. The molecule has 1 aromatic rings. The van der Waals surface area contributed by atoms with Crippen molar-refractivity contribution < 1.29 is 19.4 Å². The van der Waals surface area contributed by atoms with E-state index in [0.29, 0.717) is 6.10 Å². The first kappa shape index (κ1) is 20.7. The number of benzene rings is 1. The van der Waals surface area contributed by atoms with Gasteiger partial charge >= 0.3 is 5.97 Å². The number of carbonyl (C=O) groups excluding carboxylic acids is 1. The molecule has 28 heavy (non-hydrogen) atoms. The van der Waals surface area contributed by atoms with Gasteiger partial charge in [0.25, 0.3) is 0 Å². The maximum atomic E-state index is 12.4. The quantitative estimate of drug-likeness (QED) is 0.327. The summed E-state index contributed by atoms with van der Waals surface area (Å²) in [7, 11) is 0. The number of ether oxygens (including phenoxy) is 2. The molecule has 0 amide bonds. The average Bonchev–Trinajstić information content (AvgIpc) is 3.21. The van der Waals surface area contributed by atoms with Gasteiger partial charge in [-0.2, -0.15) is 0 Å². The molecule has 0 unspecified atom stereocenters. The van der Waals surface area contributed by atoms with E-state index in [1.54, 1.807) is 30.3 Å². The largest absolute Gasteiger partial charge is 0.508 e. The number of hydrogen-bond acceptors (Lipinski definition) is 4. The Morgan fingerprint density at radius 1 is 1.21 bits per heavy atom. The van der Waals surface area contributed by atoms with Crippen molar-refractivity contribution in [3.63, 3.8) is 0 Å². The van der Waals surface area contributed by atoms with Crippen LogP contribution in [-0.4, -0.2) is 28.9 Å². The summed E-state index contributed by atoms with van der Waals surface area (Å²) in [6, 6.07) is 6.71. The minimum absolute atomic E-state index is 0.0113. The number of rotatable bonds is 3. The van der Waals surface area contributed by atoms with E-state index in [2.05, 4.69) is 33.8 Å². The van der Waals surface area contributed by atoms with Crippen molar-refractivity contribution in [1.29, 1.82) is 0 Å². The Kier molecular flexibility index (Phi) is 5.99. The van der Waals surface area contributed by atoms with Crippen LogP contribution in [0, 0.1) is 5.41 Å². The van der Waals surface area contributed by atoms with Crippen LogP contribution in [0.4, 0.5) is 0 Å². The Morgan fingerprint density at radius 3 is 2.64 bits per heavy atom. The van der Waals surface area contributed by atoms with Crippen molar-refractivity contribution in [2.45, 2.75) is 77.6 Å². The lowest BCUT2D eigenvalue weighted by Crippen LogP contribution is -2.27. The summed E-state index contributed by atoms with van der Waals surface area (Å²) in [6.45, 7) is 8.80. The van der Waals surface area contributed by atoms with Crippen molar-refractivity contribution in [2.75, 3.05) is 0 Å². The molecule has 0 bridgehead atoms. The molecule has 4 heteroatoms. The summed E-state index contributed by atoms with van der Waals surface area (Å²) in [5, 5.41) is 9.34. The second-order valence-corrected chi connectivity index (χ2v) is 9.27. The maximum absolute atomic E-state index is 12.4. The SMILES string of the molecule is C/C1=C\CC[C@@]2(C)O[C@@H]2CC(C)(C)C[C@@H](OC(=O)/C=C\c2ccc(O)cc2)C1. The molecule has 1 fully saturated rings. The molecule has 1 aromatic carbocycles. The lowest BCUT2D eigenvalue weighted by Gasteiger charge is -2.29. The van der Waals surface area contributed by atoms with E-state index in [0.717, 1.165) is 37.7 Å². The van der Waals surface area contributed by atoms with Crippen LogP contribution in [0.15, 0.2) is 42.0 Å². The zero-order chi connectivity index (χ0) is 20.4.